The number of nitrogens with zero attached hydrogens (tertiary/aromatic N) is 1. The number of aromatic hydroxyl groups is 1. The molecule has 28 heteroatoms. The fourth-order valence-electron chi connectivity index (χ4n) is 12.4. The molecule has 28 nitrogen and oxygen atoms in total. The van der Waals surface area contributed by atoms with Crippen LogP contribution in [-0.2, 0) is 84.8 Å². The topological polar surface area (TPSA) is 440 Å². The Kier molecular flexibility index (Phi) is 32.2. The predicted molar refractivity (Wildman–Crippen MR) is 405 cm³/mol. The summed E-state index contributed by atoms with van der Waals surface area (Å²) < 4.78 is 0. The first-order chi connectivity index (χ1) is 51.1. The Bertz CT molecular complexity index is 4000. The molecule has 11 amide bonds. The van der Waals surface area contributed by atoms with E-state index in [0.717, 1.165) is 22.9 Å². The van der Waals surface area contributed by atoms with Gasteiger partial charge in [-0.25, -0.2) is 0 Å². The van der Waals surface area contributed by atoms with E-state index in [2.05, 4.69) is 79.3 Å². The lowest BCUT2D eigenvalue weighted by Crippen LogP contribution is -2.61. The molecule has 0 saturated carbocycles. The number of amides is 11. The summed E-state index contributed by atoms with van der Waals surface area (Å²) >= 11 is 0. The number of rotatable bonds is 40. The lowest BCUT2D eigenvalue weighted by atomic mass is 9.97. The molecule has 18 N–H and O–H groups in total. The number of aliphatic hydroxyl groups excluding tert-OH is 1. The molecule has 10 atom stereocenters. The maximum absolute atomic E-state index is 15.1. The molecule has 0 spiro atoms. The van der Waals surface area contributed by atoms with Crippen molar-refractivity contribution in [3.63, 3.8) is 0 Å². The Morgan fingerprint density at radius 2 is 0.897 bits per heavy atom. The number of likely N-dealkylation sites (tertiary alicyclic amines) is 1. The molecule has 1 fully saturated rings. The van der Waals surface area contributed by atoms with E-state index in [1.54, 1.807) is 91.0 Å². The Labute approximate surface area is 623 Å². The van der Waals surface area contributed by atoms with Crippen molar-refractivity contribution in [1.29, 1.82) is 5.41 Å². The molecule has 0 aliphatic carbocycles. The van der Waals surface area contributed by atoms with Crippen molar-refractivity contribution in [1.82, 2.24) is 63.4 Å². The average molecular weight is 1470 g/mol. The van der Waals surface area contributed by atoms with Crippen LogP contribution in [0.3, 0.4) is 0 Å². The van der Waals surface area contributed by atoms with Crippen LogP contribution in [0.25, 0.3) is 10.8 Å². The van der Waals surface area contributed by atoms with Gasteiger partial charge in [0, 0.05) is 52.1 Å². The van der Waals surface area contributed by atoms with Gasteiger partial charge in [-0.3, -0.25) is 58.1 Å². The largest absolute Gasteiger partial charge is 0.508 e. The van der Waals surface area contributed by atoms with Gasteiger partial charge < -0.3 is 85.1 Å². The minimum absolute atomic E-state index is 0.00404. The Hall–Kier alpha value is -11.3. The quantitative estimate of drug-likeness (QED) is 0.0149. The molecular weight excluding hydrogens is 1370 g/mol. The van der Waals surface area contributed by atoms with Gasteiger partial charge in [0.25, 0.3) is 0 Å². The van der Waals surface area contributed by atoms with Gasteiger partial charge in [0.05, 0.1) is 6.61 Å². The van der Waals surface area contributed by atoms with Gasteiger partial charge in [0.2, 0.25) is 65.0 Å². The Morgan fingerprint density at radius 1 is 0.486 bits per heavy atom. The summed E-state index contributed by atoms with van der Waals surface area (Å²) in [6, 6.07) is 31.5. The average Bonchev–Trinajstić information content (AvgIpc) is 1.81. The Balaban J connectivity index is 1.14. The number of phenolic OH excluding ortho intramolecular Hbond substituents is 1. The van der Waals surface area contributed by atoms with Crippen molar-refractivity contribution in [3.05, 3.63) is 186 Å². The number of nitrogens with two attached hydrogens (primary N) is 2. The Morgan fingerprint density at radius 3 is 1.37 bits per heavy atom. The van der Waals surface area contributed by atoms with Crippen molar-refractivity contribution in [2.24, 2.45) is 16.9 Å². The monoisotopic (exact) mass is 1470 g/mol. The highest BCUT2D eigenvalue weighted by molar-refractivity contribution is 5.99. The van der Waals surface area contributed by atoms with Crippen molar-refractivity contribution in [3.8, 4) is 5.75 Å². The fraction of sp³-hybridized carbons (Fsp3) is 0.418. The van der Waals surface area contributed by atoms with Crippen molar-refractivity contribution < 1.29 is 63.0 Å². The molecule has 107 heavy (non-hydrogen) atoms. The van der Waals surface area contributed by atoms with Crippen LogP contribution in [0.4, 0.5) is 0 Å². The number of carbonyl (C=O) groups is 11. The first-order valence-corrected chi connectivity index (χ1v) is 36.2. The highest BCUT2D eigenvalue weighted by Gasteiger charge is 2.40. The lowest BCUT2D eigenvalue weighted by molar-refractivity contribution is -0.142. The number of phenols is 1. The zero-order valence-corrected chi connectivity index (χ0v) is 61.3. The molecule has 6 aromatic rings. The third-order valence-corrected chi connectivity index (χ3v) is 18.1. The number of hydrogen-bond donors (Lipinski definition) is 16. The molecule has 1 saturated heterocycles. The first-order valence-electron chi connectivity index (χ1n) is 36.2. The highest BCUT2D eigenvalue weighted by atomic mass is 16.3. The molecule has 1 aliphatic heterocycles. The highest BCUT2D eigenvalue weighted by Crippen LogP contribution is 2.23. The second-order valence-electron chi connectivity index (χ2n) is 28.2. The summed E-state index contributed by atoms with van der Waals surface area (Å²) in [4.78, 5) is 158. The van der Waals surface area contributed by atoms with E-state index in [0.29, 0.717) is 48.1 Å². The maximum Gasteiger partial charge on any atom is 0.245 e. The minimum atomic E-state index is -1.81. The van der Waals surface area contributed by atoms with Crippen LogP contribution in [0.15, 0.2) is 158 Å². The molecular formula is C79H103N15O13. The van der Waals surface area contributed by atoms with Gasteiger partial charge >= 0.3 is 0 Å². The smallest absolute Gasteiger partial charge is 0.245 e. The summed E-state index contributed by atoms with van der Waals surface area (Å²) in [5, 5.41) is 61.5. The second kappa shape index (κ2) is 41.4. The van der Waals surface area contributed by atoms with E-state index < -0.39 is 132 Å². The van der Waals surface area contributed by atoms with E-state index in [-0.39, 0.29) is 88.0 Å². The summed E-state index contributed by atoms with van der Waals surface area (Å²) in [6.45, 7) is 9.46. The van der Waals surface area contributed by atoms with Gasteiger partial charge in [0.1, 0.15) is 66.2 Å². The van der Waals surface area contributed by atoms with Crippen LogP contribution in [-0.4, -0.2) is 179 Å². The zero-order valence-electron chi connectivity index (χ0n) is 61.3. The number of primary amides is 1. The summed E-state index contributed by atoms with van der Waals surface area (Å²) in [6.07, 6.45) is 1.25. The first kappa shape index (κ1) is 83.0. The molecule has 1 heterocycles. The van der Waals surface area contributed by atoms with E-state index in [4.69, 9.17) is 16.9 Å². The molecule has 1 aliphatic rings. The van der Waals surface area contributed by atoms with Crippen LogP contribution < -0.4 is 70.0 Å². The molecule has 6 aromatic carbocycles. The van der Waals surface area contributed by atoms with Crippen LogP contribution in [0, 0.1) is 10.8 Å². The van der Waals surface area contributed by atoms with Crippen molar-refractivity contribution in [2.45, 2.75) is 172 Å². The van der Waals surface area contributed by atoms with Gasteiger partial charge in [0.15, 0.2) is 5.96 Å². The molecule has 0 radical (unpaired) electrons. The summed E-state index contributed by atoms with van der Waals surface area (Å²) in [5.74, 6) is -9.11. The second-order valence-corrected chi connectivity index (χ2v) is 28.2. The summed E-state index contributed by atoms with van der Waals surface area (Å²) in [7, 11) is 0. The third kappa shape index (κ3) is 27.6. The maximum atomic E-state index is 15.1. The van der Waals surface area contributed by atoms with Crippen LogP contribution >= 0.6 is 0 Å². The van der Waals surface area contributed by atoms with E-state index in [1.807, 2.05) is 42.5 Å². The van der Waals surface area contributed by atoms with Crippen LogP contribution in [0.5, 0.6) is 5.75 Å². The summed E-state index contributed by atoms with van der Waals surface area (Å²) in [5.41, 5.74) is 14.0. The van der Waals surface area contributed by atoms with E-state index >= 15 is 14.4 Å². The normalized spacial score (nSPS) is 15.2. The number of fused-ring (bicyclic) bond motifs is 1. The van der Waals surface area contributed by atoms with Crippen molar-refractivity contribution >= 4 is 81.7 Å². The van der Waals surface area contributed by atoms with Gasteiger partial charge in [-0.1, -0.05) is 166 Å². The number of hydrogen-bond acceptors (Lipinski definition) is 15. The number of carbonyl (C=O) groups excluding carboxylic acids is 11. The number of benzene rings is 6. The molecule has 0 aromatic heterocycles. The molecule has 7 rings (SSSR count). The zero-order chi connectivity index (χ0) is 77.6. The van der Waals surface area contributed by atoms with E-state index in [1.165, 1.54) is 43.0 Å². The number of unbranched alkanes of at least 4 members (excludes halogenated alkanes) is 1. The van der Waals surface area contributed by atoms with Gasteiger partial charge in [-0.15, -0.1) is 0 Å². The lowest BCUT2D eigenvalue weighted by Gasteiger charge is -2.31. The van der Waals surface area contributed by atoms with Gasteiger partial charge in [-0.2, -0.15) is 0 Å². The van der Waals surface area contributed by atoms with Gasteiger partial charge in [-0.05, 0) is 121 Å². The number of guanidine groups is 1. The minimum Gasteiger partial charge on any atom is -0.508 e. The van der Waals surface area contributed by atoms with Crippen molar-refractivity contribution in [2.75, 3.05) is 32.8 Å². The van der Waals surface area contributed by atoms with Crippen LogP contribution in [0.2, 0.25) is 0 Å². The van der Waals surface area contributed by atoms with Crippen LogP contribution in [0.1, 0.15) is 107 Å². The third-order valence-electron chi connectivity index (χ3n) is 18.1. The molecule has 10 unspecified atom stereocenters. The predicted octanol–water partition coefficient (Wildman–Crippen LogP) is 2.00. The number of aliphatic hydroxyl groups is 1. The number of nitrogens with one attached hydrogen (secondary N) is 12. The fourth-order valence-corrected chi connectivity index (χ4v) is 12.4. The van der Waals surface area contributed by atoms with E-state index in [9.17, 15) is 48.6 Å². The standard InChI is InChI=1S/C79H103N15O13/c1-49(68(80)98)85-76(106)67-31-20-40-94(67)77(107)60(29-17-18-38-83-48-79(3,4)5)88-72(102)62(42-51-21-9-6-10-22-51)89-69(99)59(30-19-39-84-78(81)82)87-71(101)65(45-54-33-36-58(97)37-34-54)92-75(105)66(47-95)93-74(104)64(44-53-25-13-8-14-26-53)91-73(103)63(43-52-23-11-7-12-24-52)90-70(100)61(86-50(2)96)46-55-32-35-56-27-15-16-28-57(56)41-55/h6-16,21-28,32-37,41,49,59-67,83,95,97H,17-20,29-31,38-40,42-48H2,1-5H3,(H2,80,98)(H,85,106)(H,86,96)(H,87,101)(H,88,102)(H,89,99)(H,90,100)(H,91,103)(H,92,105)(H,93,104)(H4,81,82,84). The SMILES string of the molecule is CC(=O)NC(Cc1ccc2ccccc2c1)C(=O)NC(Cc1ccccc1)C(=O)NC(Cc1ccccc1)C(=O)NC(CO)C(=O)NC(Cc1ccc(O)cc1)C(=O)NC(CCCNC(=N)N)C(=O)NC(Cc1ccccc1)C(=O)NC(CCCCNCC(C)(C)C)C(=O)N1CCCC1C(=O)NC(C)C(N)=O. The molecule has 572 valence electrons. The molecule has 0 bridgehead atoms.